The Balaban J connectivity index is 1.88. The lowest BCUT2D eigenvalue weighted by Crippen LogP contribution is -2.43. The molecule has 1 unspecified atom stereocenters. The molecule has 0 aliphatic rings. The van der Waals surface area contributed by atoms with Gasteiger partial charge in [0.25, 0.3) is 0 Å². The maximum absolute atomic E-state index is 11.2. The van der Waals surface area contributed by atoms with Crippen LogP contribution in [0, 0.1) is 13.8 Å². The van der Waals surface area contributed by atoms with Gasteiger partial charge in [0.2, 0.25) is 5.91 Å². The van der Waals surface area contributed by atoms with Crippen LogP contribution in [0.5, 0.6) is 5.75 Å². The van der Waals surface area contributed by atoms with Crippen molar-refractivity contribution in [3.05, 3.63) is 41.2 Å². The van der Waals surface area contributed by atoms with E-state index in [1.165, 1.54) is 18.2 Å². The molecule has 2 aromatic rings. The normalized spacial score (nSPS) is 12.4. The molecule has 8 nitrogen and oxygen atoms in total. The van der Waals surface area contributed by atoms with Crippen LogP contribution in [-0.2, 0) is 18.3 Å². The quantitative estimate of drug-likeness (QED) is 0.333. The van der Waals surface area contributed by atoms with Crippen LogP contribution in [0.4, 0.5) is 5.69 Å². The van der Waals surface area contributed by atoms with Crippen molar-refractivity contribution in [1.82, 2.24) is 20.4 Å². The lowest BCUT2D eigenvalue weighted by Gasteiger charge is -2.18. The summed E-state index contributed by atoms with van der Waals surface area (Å²) in [6, 6.07) is 7.54. The van der Waals surface area contributed by atoms with Crippen LogP contribution in [0.25, 0.3) is 0 Å². The topological polar surface area (TPSA) is 92.6 Å². The number of benzene rings is 1. The first-order valence-corrected chi connectivity index (χ1v) is 10.3. The molecule has 0 saturated heterocycles. The van der Waals surface area contributed by atoms with E-state index in [2.05, 4.69) is 39.9 Å². The van der Waals surface area contributed by atoms with E-state index < -0.39 is 0 Å². The summed E-state index contributed by atoms with van der Waals surface area (Å²) < 4.78 is 7.69. The summed E-state index contributed by atoms with van der Waals surface area (Å²) in [6.07, 6.45) is 0.877. The molecule has 0 saturated carbocycles. The van der Waals surface area contributed by atoms with Gasteiger partial charge in [0, 0.05) is 44.0 Å². The predicted molar refractivity (Wildman–Crippen MR) is 121 cm³/mol. The van der Waals surface area contributed by atoms with Gasteiger partial charge in [-0.15, -0.1) is 0 Å². The Morgan fingerprint density at radius 2 is 2.10 bits per heavy atom. The Morgan fingerprint density at radius 3 is 2.73 bits per heavy atom. The molecule has 3 N–H and O–H groups in total. The lowest BCUT2D eigenvalue weighted by molar-refractivity contribution is -0.114. The molecule has 1 amide bonds. The second-order valence-corrected chi connectivity index (χ2v) is 7.34. The highest BCUT2D eigenvalue weighted by atomic mass is 16.5. The van der Waals surface area contributed by atoms with Gasteiger partial charge in [-0.25, -0.2) is 4.99 Å². The number of aliphatic imine (C=N–C) groups is 1. The molecule has 1 aromatic carbocycles. The van der Waals surface area contributed by atoms with Crippen LogP contribution in [0.1, 0.15) is 37.7 Å². The third-order valence-electron chi connectivity index (χ3n) is 4.68. The lowest BCUT2D eigenvalue weighted by atomic mass is 10.1. The van der Waals surface area contributed by atoms with Gasteiger partial charge < -0.3 is 20.7 Å². The number of carbonyl (C=O) groups is 1. The number of rotatable bonds is 9. The highest BCUT2D eigenvalue weighted by Gasteiger charge is 2.14. The molecule has 0 spiro atoms. The molecule has 30 heavy (non-hydrogen) atoms. The number of guanidine groups is 1. The fourth-order valence-electron chi connectivity index (χ4n) is 3.21. The number of ether oxygens (including phenoxy) is 1. The second-order valence-electron chi connectivity index (χ2n) is 7.34. The van der Waals surface area contributed by atoms with E-state index >= 15 is 0 Å². The van der Waals surface area contributed by atoms with Gasteiger partial charge >= 0.3 is 0 Å². The smallest absolute Gasteiger partial charge is 0.221 e. The number of aryl methyl sites for hydroxylation is 2. The molecule has 0 aliphatic carbocycles. The summed E-state index contributed by atoms with van der Waals surface area (Å²) in [5.41, 5.74) is 4.25. The molecule has 164 valence electrons. The Hall–Kier alpha value is -3.03. The summed E-state index contributed by atoms with van der Waals surface area (Å²) in [5.74, 6) is 1.36. The molecule has 0 radical (unpaired) electrons. The third-order valence-corrected chi connectivity index (χ3v) is 4.68. The molecule has 0 bridgehead atoms. The number of nitrogens with zero attached hydrogens (tertiary/aromatic N) is 3. The molecule has 0 aliphatic heterocycles. The van der Waals surface area contributed by atoms with E-state index in [0.29, 0.717) is 24.6 Å². The van der Waals surface area contributed by atoms with Crippen molar-refractivity contribution in [3.8, 4) is 5.75 Å². The van der Waals surface area contributed by atoms with Crippen molar-refractivity contribution in [3.63, 3.8) is 0 Å². The second kappa shape index (κ2) is 11.2. The SMILES string of the molecule is CCNC(=NCCOc1cccc(NC(C)=O)c1)NC(C)Cc1c(C)nn(C)c1C. The van der Waals surface area contributed by atoms with Crippen molar-refractivity contribution in [1.29, 1.82) is 0 Å². The van der Waals surface area contributed by atoms with Crippen LogP contribution in [0.2, 0.25) is 0 Å². The first-order valence-electron chi connectivity index (χ1n) is 10.3. The summed E-state index contributed by atoms with van der Waals surface area (Å²) in [5, 5.41) is 14.0. The van der Waals surface area contributed by atoms with E-state index in [9.17, 15) is 4.79 Å². The monoisotopic (exact) mass is 414 g/mol. The molecule has 0 fully saturated rings. The number of hydrogen-bond donors (Lipinski definition) is 3. The van der Waals surface area contributed by atoms with E-state index in [1.54, 1.807) is 6.07 Å². The number of amides is 1. The zero-order valence-corrected chi connectivity index (χ0v) is 18.9. The molecule has 8 heteroatoms. The average molecular weight is 415 g/mol. The zero-order valence-electron chi connectivity index (χ0n) is 18.9. The Bertz CT molecular complexity index is 875. The van der Waals surface area contributed by atoms with Crippen LogP contribution in [0.3, 0.4) is 0 Å². The van der Waals surface area contributed by atoms with Gasteiger partial charge in [0.15, 0.2) is 5.96 Å². The van der Waals surface area contributed by atoms with Gasteiger partial charge in [-0.05, 0) is 51.8 Å². The van der Waals surface area contributed by atoms with Gasteiger partial charge in [-0.3, -0.25) is 9.48 Å². The van der Waals surface area contributed by atoms with Crippen molar-refractivity contribution < 1.29 is 9.53 Å². The van der Waals surface area contributed by atoms with Gasteiger partial charge in [-0.1, -0.05) is 6.07 Å². The van der Waals surface area contributed by atoms with Gasteiger partial charge in [-0.2, -0.15) is 5.10 Å². The number of hydrogen-bond acceptors (Lipinski definition) is 4. The Labute approximate surface area is 179 Å². The summed E-state index contributed by atoms with van der Waals surface area (Å²) in [4.78, 5) is 15.8. The number of carbonyl (C=O) groups excluding carboxylic acids is 1. The van der Waals surface area contributed by atoms with Crippen LogP contribution in [-0.4, -0.2) is 47.4 Å². The fraction of sp³-hybridized carbons (Fsp3) is 0.500. The van der Waals surface area contributed by atoms with E-state index in [1.807, 2.05) is 43.8 Å². The predicted octanol–water partition coefficient (Wildman–Crippen LogP) is 2.56. The van der Waals surface area contributed by atoms with Crippen LogP contribution in [0.15, 0.2) is 29.3 Å². The Morgan fingerprint density at radius 1 is 1.33 bits per heavy atom. The molecular weight excluding hydrogens is 380 g/mol. The maximum atomic E-state index is 11.2. The van der Waals surface area contributed by atoms with Gasteiger partial charge in [0.1, 0.15) is 12.4 Å². The molecular formula is C22H34N6O2. The zero-order chi connectivity index (χ0) is 22.1. The molecule has 2 rings (SSSR count). The van der Waals surface area contributed by atoms with E-state index in [0.717, 1.165) is 24.6 Å². The molecule has 1 atom stereocenters. The highest BCUT2D eigenvalue weighted by Crippen LogP contribution is 2.17. The summed E-state index contributed by atoms with van der Waals surface area (Å²) in [7, 11) is 1.97. The van der Waals surface area contributed by atoms with Crippen molar-refractivity contribution >= 4 is 17.6 Å². The summed E-state index contributed by atoms with van der Waals surface area (Å²) in [6.45, 7) is 11.5. The van der Waals surface area contributed by atoms with Crippen molar-refractivity contribution in [2.24, 2.45) is 12.0 Å². The number of nitrogens with one attached hydrogen (secondary N) is 3. The largest absolute Gasteiger partial charge is 0.492 e. The van der Waals surface area contributed by atoms with Crippen molar-refractivity contribution in [2.75, 3.05) is 25.0 Å². The van der Waals surface area contributed by atoms with Crippen molar-refractivity contribution in [2.45, 2.75) is 47.1 Å². The van der Waals surface area contributed by atoms with Gasteiger partial charge in [0.05, 0.1) is 12.2 Å². The molecule has 1 aromatic heterocycles. The van der Waals surface area contributed by atoms with E-state index in [4.69, 9.17) is 4.74 Å². The minimum absolute atomic E-state index is 0.108. The maximum Gasteiger partial charge on any atom is 0.221 e. The summed E-state index contributed by atoms with van der Waals surface area (Å²) >= 11 is 0. The highest BCUT2D eigenvalue weighted by molar-refractivity contribution is 5.88. The number of aromatic nitrogens is 2. The first kappa shape index (κ1) is 23.3. The average Bonchev–Trinajstić information content (AvgIpc) is 2.91. The Kier molecular flexibility index (Phi) is 8.70. The fourth-order valence-corrected chi connectivity index (χ4v) is 3.21. The third kappa shape index (κ3) is 7.09. The number of anilines is 1. The molecule has 1 heterocycles. The first-order chi connectivity index (χ1) is 14.3. The standard InChI is InChI=1S/C22H34N6O2/c1-7-23-22(25-15(2)13-21-16(3)27-28(6)17(21)4)24-11-12-30-20-10-8-9-19(14-20)26-18(5)29/h8-10,14-15H,7,11-13H2,1-6H3,(H,26,29)(H2,23,24,25). The minimum Gasteiger partial charge on any atom is -0.492 e. The van der Waals surface area contributed by atoms with Crippen LogP contribution < -0.4 is 20.7 Å². The minimum atomic E-state index is -0.108. The van der Waals surface area contributed by atoms with Crippen LogP contribution >= 0.6 is 0 Å². The van der Waals surface area contributed by atoms with E-state index in [-0.39, 0.29) is 11.9 Å².